The summed E-state index contributed by atoms with van der Waals surface area (Å²) in [5, 5.41) is 1.01. The third-order valence-corrected chi connectivity index (χ3v) is 5.99. The van der Waals surface area contributed by atoms with E-state index in [1.807, 2.05) is 42.5 Å². The summed E-state index contributed by atoms with van der Waals surface area (Å²) in [4.78, 5) is 15.8. The van der Waals surface area contributed by atoms with E-state index in [2.05, 4.69) is 22.5 Å². The van der Waals surface area contributed by atoms with Crippen molar-refractivity contribution >= 4 is 16.7 Å². The van der Waals surface area contributed by atoms with E-state index < -0.39 is 0 Å². The largest absolute Gasteiger partial charge is 0.497 e. The van der Waals surface area contributed by atoms with E-state index >= 15 is 0 Å². The maximum Gasteiger partial charge on any atom is 0.195 e. The van der Waals surface area contributed by atoms with Gasteiger partial charge in [-0.1, -0.05) is 18.2 Å². The number of carbonyl (C=O) groups excluding carboxylic acids is 1. The quantitative estimate of drug-likeness (QED) is 0.652. The second-order valence-corrected chi connectivity index (χ2v) is 7.89. The molecule has 1 aromatic heterocycles. The summed E-state index contributed by atoms with van der Waals surface area (Å²) >= 11 is 0. The molecule has 2 N–H and O–H groups in total. The Balaban J connectivity index is 1.66. The van der Waals surface area contributed by atoms with Crippen molar-refractivity contribution in [1.29, 1.82) is 0 Å². The lowest BCUT2D eigenvalue weighted by Crippen LogP contribution is -2.43. The summed E-state index contributed by atoms with van der Waals surface area (Å²) in [6.07, 6.45) is 2.27. The molecule has 5 heteroatoms. The number of hydrogen-bond donors (Lipinski definition) is 1. The van der Waals surface area contributed by atoms with Crippen LogP contribution >= 0.6 is 0 Å². The fourth-order valence-electron chi connectivity index (χ4n) is 4.43. The molecule has 0 spiro atoms. The molecule has 0 amide bonds. The SMILES string of the molecule is COc1ccc(C(=O)c2c(C)n(CCN3CCCC(N)C3)c3ccccc23)cc1. The monoisotopic (exact) mass is 391 g/mol. The molecule has 2 heterocycles. The van der Waals surface area contributed by atoms with Crippen molar-refractivity contribution in [1.82, 2.24) is 9.47 Å². The third-order valence-electron chi connectivity index (χ3n) is 5.99. The van der Waals surface area contributed by atoms with Crippen molar-refractivity contribution in [2.24, 2.45) is 5.73 Å². The molecule has 2 aromatic carbocycles. The van der Waals surface area contributed by atoms with Gasteiger partial charge in [0.2, 0.25) is 0 Å². The Morgan fingerprint density at radius 3 is 2.62 bits per heavy atom. The lowest BCUT2D eigenvalue weighted by atomic mass is 10.0. The molecular weight excluding hydrogens is 362 g/mol. The zero-order valence-electron chi connectivity index (χ0n) is 17.2. The number of nitrogens with two attached hydrogens (primary N) is 1. The van der Waals surface area contributed by atoms with E-state index in [-0.39, 0.29) is 11.8 Å². The summed E-state index contributed by atoms with van der Waals surface area (Å²) in [6.45, 7) is 5.91. The normalized spacial score (nSPS) is 17.6. The third kappa shape index (κ3) is 3.93. The average molecular weight is 392 g/mol. The van der Waals surface area contributed by atoms with Gasteiger partial charge in [0, 0.05) is 47.8 Å². The number of likely N-dealkylation sites (tertiary alicyclic amines) is 1. The minimum Gasteiger partial charge on any atom is -0.497 e. The number of aromatic nitrogens is 1. The first-order valence-corrected chi connectivity index (χ1v) is 10.3. The van der Waals surface area contributed by atoms with Crippen LogP contribution in [-0.2, 0) is 6.54 Å². The predicted octanol–water partition coefficient (Wildman–Crippen LogP) is 3.61. The van der Waals surface area contributed by atoms with Crippen molar-refractivity contribution < 1.29 is 9.53 Å². The first-order chi connectivity index (χ1) is 14.1. The van der Waals surface area contributed by atoms with Crippen LogP contribution in [0.4, 0.5) is 0 Å². The number of benzene rings is 2. The molecule has 1 unspecified atom stereocenters. The van der Waals surface area contributed by atoms with Gasteiger partial charge in [-0.25, -0.2) is 0 Å². The lowest BCUT2D eigenvalue weighted by Gasteiger charge is -2.30. The molecule has 0 radical (unpaired) electrons. The van der Waals surface area contributed by atoms with E-state index in [4.69, 9.17) is 10.5 Å². The van der Waals surface area contributed by atoms with Crippen LogP contribution in [0.1, 0.15) is 34.5 Å². The van der Waals surface area contributed by atoms with Gasteiger partial charge in [0.1, 0.15) is 5.75 Å². The van der Waals surface area contributed by atoms with Gasteiger partial charge in [-0.2, -0.15) is 0 Å². The molecule has 0 aliphatic carbocycles. The summed E-state index contributed by atoms with van der Waals surface area (Å²) in [5.74, 6) is 0.806. The molecule has 1 aliphatic rings. The zero-order valence-corrected chi connectivity index (χ0v) is 17.2. The number of hydrogen-bond acceptors (Lipinski definition) is 4. The minimum absolute atomic E-state index is 0.0556. The Morgan fingerprint density at radius 1 is 1.14 bits per heavy atom. The highest BCUT2D eigenvalue weighted by molar-refractivity contribution is 6.17. The average Bonchev–Trinajstić information content (AvgIpc) is 3.03. The number of ketones is 1. The molecule has 1 atom stereocenters. The molecule has 0 saturated carbocycles. The number of fused-ring (bicyclic) bond motifs is 1. The molecule has 0 bridgehead atoms. The number of carbonyl (C=O) groups is 1. The summed E-state index contributed by atoms with van der Waals surface area (Å²) < 4.78 is 7.50. The van der Waals surface area contributed by atoms with Crippen LogP contribution < -0.4 is 10.5 Å². The van der Waals surface area contributed by atoms with Crippen LogP contribution in [0.5, 0.6) is 5.75 Å². The molecule has 4 rings (SSSR count). The van der Waals surface area contributed by atoms with Crippen LogP contribution in [0, 0.1) is 6.92 Å². The summed E-state index contributed by atoms with van der Waals surface area (Å²) in [7, 11) is 1.63. The zero-order chi connectivity index (χ0) is 20.4. The Morgan fingerprint density at radius 2 is 1.90 bits per heavy atom. The number of para-hydroxylation sites is 1. The van der Waals surface area contributed by atoms with E-state index in [1.54, 1.807) is 7.11 Å². The molecule has 29 heavy (non-hydrogen) atoms. The van der Waals surface area contributed by atoms with Gasteiger partial charge in [-0.3, -0.25) is 4.79 Å². The van der Waals surface area contributed by atoms with E-state index in [0.717, 1.165) is 66.9 Å². The van der Waals surface area contributed by atoms with E-state index in [1.165, 1.54) is 0 Å². The first kappa shape index (κ1) is 19.7. The highest BCUT2D eigenvalue weighted by Crippen LogP contribution is 2.29. The topological polar surface area (TPSA) is 60.5 Å². The van der Waals surface area contributed by atoms with Crippen LogP contribution in [0.2, 0.25) is 0 Å². The molecule has 1 fully saturated rings. The van der Waals surface area contributed by atoms with E-state index in [0.29, 0.717) is 5.56 Å². The molecule has 1 saturated heterocycles. The maximum absolute atomic E-state index is 13.4. The van der Waals surface area contributed by atoms with Crippen molar-refractivity contribution in [2.75, 3.05) is 26.7 Å². The number of rotatable bonds is 6. The smallest absolute Gasteiger partial charge is 0.195 e. The molecule has 1 aliphatic heterocycles. The van der Waals surface area contributed by atoms with Crippen molar-refractivity contribution in [3.05, 3.63) is 65.4 Å². The summed E-state index contributed by atoms with van der Waals surface area (Å²) in [5.41, 5.74) is 9.75. The predicted molar refractivity (Wildman–Crippen MR) is 117 cm³/mol. The second-order valence-electron chi connectivity index (χ2n) is 7.89. The fraction of sp³-hybridized carbons (Fsp3) is 0.375. The molecule has 3 aromatic rings. The van der Waals surface area contributed by atoms with Gasteiger partial charge in [0.05, 0.1) is 12.7 Å². The van der Waals surface area contributed by atoms with Crippen LogP contribution in [-0.4, -0.2) is 48.0 Å². The maximum atomic E-state index is 13.4. The molecule has 152 valence electrons. The van der Waals surface area contributed by atoms with Gasteiger partial charge in [-0.15, -0.1) is 0 Å². The lowest BCUT2D eigenvalue weighted by molar-refractivity contribution is 0.103. The minimum atomic E-state index is 0.0556. The first-order valence-electron chi connectivity index (χ1n) is 10.3. The number of ether oxygens (including phenoxy) is 1. The van der Waals surface area contributed by atoms with Crippen LogP contribution in [0.25, 0.3) is 10.9 Å². The van der Waals surface area contributed by atoms with Crippen LogP contribution in [0.15, 0.2) is 48.5 Å². The highest BCUT2D eigenvalue weighted by atomic mass is 16.5. The Bertz CT molecular complexity index is 1010. The van der Waals surface area contributed by atoms with Crippen LogP contribution in [0.3, 0.4) is 0 Å². The van der Waals surface area contributed by atoms with Crippen molar-refractivity contribution in [2.45, 2.75) is 32.4 Å². The van der Waals surface area contributed by atoms with Gasteiger partial charge in [-0.05, 0) is 56.6 Å². The van der Waals surface area contributed by atoms with Crippen molar-refractivity contribution in [3.63, 3.8) is 0 Å². The standard InChI is InChI=1S/C24H29N3O2/c1-17-23(24(28)18-9-11-20(29-2)12-10-18)21-7-3-4-8-22(21)27(17)15-14-26-13-5-6-19(25)16-26/h3-4,7-12,19H,5-6,13-16,25H2,1-2H3. The number of piperidine rings is 1. The van der Waals surface area contributed by atoms with Gasteiger partial charge < -0.3 is 19.9 Å². The van der Waals surface area contributed by atoms with Gasteiger partial charge in [0.25, 0.3) is 0 Å². The van der Waals surface area contributed by atoms with Gasteiger partial charge in [0.15, 0.2) is 5.78 Å². The Hall–Kier alpha value is -2.63. The Labute approximate surface area is 172 Å². The van der Waals surface area contributed by atoms with E-state index in [9.17, 15) is 4.79 Å². The summed E-state index contributed by atoms with van der Waals surface area (Å²) in [6, 6.07) is 15.8. The van der Waals surface area contributed by atoms with Gasteiger partial charge >= 0.3 is 0 Å². The van der Waals surface area contributed by atoms with Crippen molar-refractivity contribution in [3.8, 4) is 5.75 Å². The fourth-order valence-corrected chi connectivity index (χ4v) is 4.43. The number of nitrogens with zero attached hydrogens (tertiary/aromatic N) is 2. The molecule has 5 nitrogen and oxygen atoms in total. The second kappa shape index (κ2) is 8.39. The molecular formula is C24H29N3O2. The number of methoxy groups -OCH3 is 1. The Kier molecular flexibility index (Phi) is 5.69. The highest BCUT2D eigenvalue weighted by Gasteiger charge is 2.22.